The van der Waals surface area contributed by atoms with Gasteiger partial charge in [-0.3, -0.25) is 4.90 Å². The van der Waals surface area contributed by atoms with Gasteiger partial charge in [0.2, 0.25) is 5.95 Å². The molecular formula is C28H36N6O3. The molecule has 0 saturated carbocycles. The van der Waals surface area contributed by atoms with Crippen molar-refractivity contribution < 1.29 is 14.2 Å². The van der Waals surface area contributed by atoms with Gasteiger partial charge in [0.1, 0.15) is 17.7 Å². The normalized spacial score (nSPS) is 20.5. The summed E-state index contributed by atoms with van der Waals surface area (Å²) in [6, 6.07) is 16.7. The van der Waals surface area contributed by atoms with Crippen LogP contribution >= 0.6 is 0 Å². The van der Waals surface area contributed by atoms with E-state index in [1.165, 1.54) is 0 Å². The average molecular weight is 505 g/mol. The van der Waals surface area contributed by atoms with Gasteiger partial charge < -0.3 is 29.3 Å². The zero-order chi connectivity index (χ0) is 25.8. The third-order valence-electron chi connectivity index (χ3n) is 7.10. The van der Waals surface area contributed by atoms with Crippen LogP contribution in [0.3, 0.4) is 0 Å². The van der Waals surface area contributed by atoms with E-state index in [0.29, 0.717) is 25.2 Å². The van der Waals surface area contributed by atoms with Crippen LogP contribution in [0, 0.1) is 6.92 Å². The number of nitrogens with zero attached hydrogens (tertiary/aromatic N) is 5. The maximum atomic E-state index is 5.88. The molecule has 2 aliphatic rings. The lowest BCUT2D eigenvalue weighted by molar-refractivity contribution is -0.0544. The van der Waals surface area contributed by atoms with Crippen molar-refractivity contribution in [3.63, 3.8) is 0 Å². The van der Waals surface area contributed by atoms with E-state index in [0.717, 1.165) is 60.5 Å². The molecule has 5 rings (SSSR count). The minimum atomic E-state index is 0.183. The Labute approximate surface area is 219 Å². The van der Waals surface area contributed by atoms with Crippen LogP contribution in [0.2, 0.25) is 0 Å². The van der Waals surface area contributed by atoms with Crippen LogP contribution in [0.1, 0.15) is 12.5 Å². The van der Waals surface area contributed by atoms with E-state index in [-0.39, 0.29) is 6.17 Å². The molecule has 0 amide bonds. The number of benzene rings is 2. The van der Waals surface area contributed by atoms with Gasteiger partial charge in [-0.15, -0.1) is 0 Å². The van der Waals surface area contributed by atoms with Crippen molar-refractivity contribution in [1.29, 1.82) is 0 Å². The molecule has 2 aromatic carbocycles. The lowest BCUT2D eigenvalue weighted by Crippen LogP contribution is -2.60. The summed E-state index contributed by atoms with van der Waals surface area (Å²) in [4.78, 5) is 16.2. The molecule has 9 nitrogen and oxygen atoms in total. The summed E-state index contributed by atoms with van der Waals surface area (Å²) in [5, 5.41) is 3.41. The lowest BCUT2D eigenvalue weighted by Gasteiger charge is -2.47. The first-order valence-corrected chi connectivity index (χ1v) is 12.8. The van der Waals surface area contributed by atoms with Gasteiger partial charge in [0.25, 0.3) is 0 Å². The van der Waals surface area contributed by atoms with E-state index in [9.17, 15) is 0 Å². The Morgan fingerprint density at radius 3 is 2.73 bits per heavy atom. The van der Waals surface area contributed by atoms with Gasteiger partial charge in [0.05, 0.1) is 33.5 Å². The standard InChI is InChI=1S/C28H36N6O3/c1-20-8-9-24(35-4)17-25(20)32(3)26-10-11-29-28(31-26)30-22-6-5-7-23(16-22)34-13-15-37-19-27(34)33-12-14-36-18-21(33)2/h5-11,16-17,21,27H,12-15,18-19H2,1-4H3,(H,29,30,31). The second-order valence-corrected chi connectivity index (χ2v) is 9.54. The van der Waals surface area contributed by atoms with Gasteiger partial charge >= 0.3 is 0 Å². The first kappa shape index (κ1) is 25.3. The van der Waals surface area contributed by atoms with Crippen LogP contribution in [-0.2, 0) is 9.47 Å². The number of nitrogens with one attached hydrogen (secondary N) is 1. The van der Waals surface area contributed by atoms with E-state index in [1.54, 1.807) is 13.3 Å². The first-order chi connectivity index (χ1) is 18.0. The molecule has 1 N–H and O–H groups in total. The summed E-state index contributed by atoms with van der Waals surface area (Å²) in [7, 11) is 3.68. The smallest absolute Gasteiger partial charge is 0.229 e. The van der Waals surface area contributed by atoms with E-state index in [2.05, 4.69) is 52.1 Å². The van der Waals surface area contributed by atoms with Crippen LogP contribution in [0.25, 0.3) is 0 Å². The molecule has 2 unspecified atom stereocenters. The predicted molar refractivity (Wildman–Crippen MR) is 146 cm³/mol. The average Bonchev–Trinajstić information content (AvgIpc) is 2.93. The monoisotopic (exact) mass is 504 g/mol. The molecule has 2 fully saturated rings. The summed E-state index contributed by atoms with van der Waals surface area (Å²) in [5.74, 6) is 2.14. The van der Waals surface area contributed by atoms with Crippen molar-refractivity contribution >= 4 is 28.8 Å². The van der Waals surface area contributed by atoms with Crippen LogP contribution < -0.4 is 19.9 Å². The number of anilines is 5. The number of aryl methyl sites for hydroxylation is 1. The van der Waals surface area contributed by atoms with Gasteiger partial charge in [-0.1, -0.05) is 12.1 Å². The number of ether oxygens (including phenoxy) is 3. The van der Waals surface area contributed by atoms with Gasteiger partial charge in [0, 0.05) is 55.5 Å². The van der Waals surface area contributed by atoms with Gasteiger partial charge in [-0.05, 0) is 49.7 Å². The molecular weight excluding hydrogens is 468 g/mol. The molecule has 9 heteroatoms. The number of hydrogen-bond acceptors (Lipinski definition) is 9. The maximum absolute atomic E-state index is 5.88. The summed E-state index contributed by atoms with van der Waals surface area (Å²) in [6.45, 7) is 8.96. The van der Waals surface area contributed by atoms with Crippen LogP contribution in [-0.4, -0.2) is 80.7 Å². The van der Waals surface area contributed by atoms with Crippen LogP contribution in [0.5, 0.6) is 5.75 Å². The van der Waals surface area contributed by atoms with E-state index < -0.39 is 0 Å². The highest BCUT2D eigenvalue weighted by molar-refractivity contribution is 5.67. The molecule has 3 aromatic rings. The van der Waals surface area contributed by atoms with E-state index in [1.807, 2.05) is 42.3 Å². The quantitative estimate of drug-likeness (QED) is 0.510. The fraction of sp³-hybridized carbons (Fsp3) is 0.429. The third-order valence-corrected chi connectivity index (χ3v) is 7.10. The van der Waals surface area contributed by atoms with Crippen molar-refractivity contribution in [2.45, 2.75) is 26.1 Å². The Hall–Kier alpha value is -3.40. The van der Waals surface area contributed by atoms with Crippen molar-refractivity contribution in [1.82, 2.24) is 14.9 Å². The summed E-state index contributed by atoms with van der Waals surface area (Å²) < 4.78 is 17.0. The molecule has 2 atom stereocenters. The zero-order valence-electron chi connectivity index (χ0n) is 22.1. The minimum absolute atomic E-state index is 0.183. The Balaban J connectivity index is 1.35. The molecule has 0 spiro atoms. The molecule has 0 radical (unpaired) electrons. The lowest BCUT2D eigenvalue weighted by atomic mass is 10.1. The summed E-state index contributed by atoms with van der Waals surface area (Å²) in [6.07, 6.45) is 1.96. The number of methoxy groups -OCH3 is 1. The second kappa shape index (κ2) is 11.3. The number of aromatic nitrogens is 2. The van der Waals surface area contributed by atoms with Gasteiger partial charge in [-0.25, -0.2) is 4.98 Å². The second-order valence-electron chi connectivity index (χ2n) is 9.54. The predicted octanol–water partition coefficient (Wildman–Crippen LogP) is 4.19. The van der Waals surface area contributed by atoms with Crippen molar-refractivity contribution in [2.75, 3.05) is 68.8 Å². The Morgan fingerprint density at radius 1 is 1.05 bits per heavy atom. The fourth-order valence-electron chi connectivity index (χ4n) is 5.04. The zero-order valence-corrected chi connectivity index (χ0v) is 22.1. The summed E-state index contributed by atoms with van der Waals surface area (Å²) >= 11 is 0. The van der Waals surface area contributed by atoms with E-state index in [4.69, 9.17) is 19.2 Å². The molecule has 2 aliphatic heterocycles. The molecule has 0 aliphatic carbocycles. The molecule has 1 aromatic heterocycles. The number of hydrogen-bond donors (Lipinski definition) is 1. The molecule has 196 valence electrons. The Bertz CT molecular complexity index is 1210. The number of rotatable bonds is 7. The highest BCUT2D eigenvalue weighted by atomic mass is 16.5. The third kappa shape index (κ3) is 5.64. The van der Waals surface area contributed by atoms with Crippen molar-refractivity contribution in [2.24, 2.45) is 0 Å². The number of morpholine rings is 2. The molecule has 37 heavy (non-hydrogen) atoms. The largest absolute Gasteiger partial charge is 0.497 e. The highest BCUT2D eigenvalue weighted by Crippen LogP contribution is 2.31. The van der Waals surface area contributed by atoms with Crippen LogP contribution in [0.4, 0.5) is 28.8 Å². The Morgan fingerprint density at radius 2 is 1.89 bits per heavy atom. The fourth-order valence-corrected chi connectivity index (χ4v) is 5.04. The highest BCUT2D eigenvalue weighted by Gasteiger charge is 2.33. The SMILES string of the molecule is COc1ccc(C)c(N(C)c2ccnc(Nc3cccc(N4CCOCC4N4CCOCC4C)c3)n2)c1. The summed E-state index contributed by atoms with van der Waals surface area (Å²) in [5.41, 5.74) is 4.26. The van der Waals surface area contributed by atoms with Crippen molar-refractivity contribution in [3.8, 4) is 5.75 Å². The van der Waals surface area contributed by atoms with Gasteiger partial charge in [0.15, 0.2) is 0 Å². The molecule has 3 heterocycles. The van der Waals surface area contributed by atoms with Crippen molar-refractivity contribution in [3.05, 3.63) is 60.3 Å². The van der Waals surface area contributed by atoms with E-state index >= 15 is 0 Å². The molecule has 0 bridgehead atoms. The van der Waals surface area contributed by atoms with Crippen LogP contribution in [0.15, 0.2) is 54.7 Å². The molecule has 2 saturated heterocycles. The van der Waals surface area contributed by atoms with Gasteiger partial charge in [-0.2, -0.15) is 4.98 Å². The maximum Gasteiger partial charge on any atom is 0.229 e. The Kier molecular flexibility index (Phi) is 7.73. The minimum Gasteiger partial charge on any atom is -0.497 e. The first-order valence-electron chi connectivity index (χ1n) is 12.8. The topological polar surface area (TPSA) is 75.2 Å².